The molecule has 0 saturated heterocycles. The van der Waals surface area contributed by atoms with Crippen LogP contribution in [0.3, 0.4) is 0 Å². The Labute approximate surface area is 417 Å². The fourth-order valence-corrected chi connectivity index (χ4v) is 6.62. The molecule has 0 aromatic rings. The van der Waals surface area contributed by atoms with Crippen molar-refractivity contribution in [3.05, 3.63) is 146 Å². The topological polar surface area (TPSA) is 78.9 Å². The number of hydrogen-bond donors (Lipinski definition) is 0. The van der Waals surface area contributed by atoms with Gasteiger partial charge in [-0.2, -0.15) is 0 Å². The van der Waals surface area contributed by atoms with Gasteiger partial charge in [0, 0.05) is 19.3 Å². The van der Waals surface area contributed by atoms with Crippen LogP contribution < -0.4 is 0 Å². The largest absolute Gasteiger partial charge is 0.462 e. The summed E-state index contributed by atoms with van der Waals surface area (Å²) in [6, 6.07) is 0. The van der Waals surface area contributed by atoms with E-state index < -0.39 is 6.10 Å². The fraction of sp³-hybridized carbons (Fsp3) is 0.565. The average Bonchev–Trinajstić information content (AvgIpc) is 3.34. The van der Waals surface area contributed by atoms with E-state index in [0.717, 1.165) is 122 Å². The predicted molar refractivity (Wildman–Crippen MR) is 292 cm³/mol. The van der Waals surface area contributed by atoms with Crippen molar-refractivity contribution in [3.63, 3.8) is 0 Å². The van der Waals surface area contributed by atoms with E-state index in [4.69, 9.17) is 14.2 Å². The molecule has 6 heteroatoms. The third-order valence-electron chi connectivity index (χ3n) is 10.6. The molecule has 0 radical (unpaired) electrons. The molecule has 0 aromatic heterocycles. The van der Waals surface area contributed by atoms with Crippen LogP contribution in [-0.2, 0) is 28.6 Å². The van der Waals surface area contributed by atoms with Crippen LogP contribution in [0, 0.1) is 0 Å². The first-order valence-electron chi connectivity index (χ1n) is 26.8. The van der Waals surface area contributed by atoms with Crippen molar-refractivity contribution >= 4 is 17.9 Å². The summed E-state index contributed by atoms with van der Waals surface area (Å²) in [6.45, 7) is 6.28. The molecule has 68 heavy (non-hydrogen) atoms. The molecule has 0 aliphatic heterocycles. The van der Waals surface area contributed by atoms with E-state index in [1.54, 1.807) is 0 Å². The van der Waals surface area contributed by atoms with Crippen LogP contribution in [0.5, 0.6) is 0 Å². The molecule has 0 amide bonds. The summed E-state index contributed by atoms with van der Waals surface area (Å²) in [5.74, 6) is -1.02. The van der Waals surface area contributed by atoms with E-state index in [0.29, 0.717) is 19.3 Å². The standard InChI is InChI=1S/C62H96O6/c1-4-7-10-13-16-19-21-23-25-27-29-31-33-35-37-39-41-43-46-49-52-55-61(64)67-58-59(57-66-60(63)54-51-48-45-18-15-12-9-6-3)68-62(65)56-53-50-47-44-42-40-38-36-34-32-30-28-26-24-22-20-17-14-11-8-5-2/h7-8,10-11,16-17,19-20,23-26,29-32,35-38,41-44,59H,4-6,9,12-15,18,21-22,27-28,33-34,39-40,45-58H2,1-3H3/b10-7-,11-8-,19-16-,20-17-,25-23-,26-24-,31-29-,32-30-,37-35-,38-36-,43-41-,44-42-. The molecule has 0 aromatic carbocycles. The Bertz CT molecular complexity index is 1540. The van der Waals surface area contributed by atoms with E-state index in [9.17, 15) is 14.4 Å². The number of rotatable bonds is 46. The molecule has 380 valence electrons. The zero-order valence-electron chi connectivity index (χ0n) is 43.3. The third-order valence-corrected chi connectivity index (χ3v) is 10.6. The molecule has 0 heterocycles. The highest BCUT2D eigenvalue weighted by molar-refractivity contribution is 5.71. The van der Waals surface area contributed by atoms with Crippen molar-refractivity contribution in [2.75, 3.05) is 13.2 Å². The maximum atomic E-state index is 12.8. The molecule has 0 spiro atoms. The zero-order chi connectivity index (χ0) is 49.3. The van der Waals surface area contributed by atoms with Gasteiger partial charge in [0.2, 0.25) is 0 Å². The van der Waals surface area contributed by atoms with Crippen LogP contribution in [0.4, 0.5) is 0 Å². The molecule has 6 nitrogen and oxygen atoms in total. The van der Waals surface area contributed by atoms with Crippen molar-refractivity contribution in [2.24, 2.45) is 0 Å². The number of esters is 3. The second kappa shape index (κ2) is 54.9. The lowest BCUT2D eigenvalue weighted by molar-refractivity contribution is -0.167. The SMILES string of the molecule is CC/C=C\C/C=C\C/C=C\C/C=C\C/C=C\C/C=C\CCCCC(=O)OCC(COC(=O)CCCCCCCCCC)OC(=O)CCCC/C=C\C/C=C\C/C=C\C/C=C\C/C=C\C/C=C\CC. The van der Waals surface area contributed by atoms with Crippen molar-refractivity contribution in [1.29, 1.82) is 0 Å². The Hall–Kier alpha value is -4.71. The number of carbonyl (C=O) groups is 3. The van der Waals surface area contributed by atoms with Gasteiger partial charge in [-0.1, -0.05) is 212 Å². The van der Waals surface area contributed by atoms with Crippen LogP contribution in [0.2, 0.25) is 0 Å². The molecular weight excluding hydrogens is 841 g/mol. The minimum absolute atomic E-state index is 0.115. The van der Waals surface area contributed by atoms with Gasteiger partial charge < -0.3 is 14.2 Å². The lowest BCUT2D eigenvalue weighted by Crippen LogP contribution is -2.30. The molecule has 0 fully saturated rings. The van der Waals surface area contributed by atoms with Crippen LogP contribution in [0.25, 0.3) is 0 Å². The molecule has 0 aliphatic rings. The van der Waals surface area contributed by atoms with Gasteiger partial charge in [0.05, 0.1) is 0 Å². The van der Waals surface area contributed by atoms with Crippen LogP contribution in [-0.4, -0.2) is 37.2 Å². The predicted octanol–water partition coefficient (Wildman–Crippen LogP) is 18.0. The van der Waals surface area contributed by atoms with Gasteiger partial charge >= 0.3 is 17.9 Å². The van der Waals surface area contributed by atoms with Gasteiger partial charge in [-0.15, -0.1) is 0 Å². The van der Waals surface area contributed by atoms with Crippen molar-refractivity contribution in [2.45, 2.75) is 213 Å². The number of allylic oxidation sites excluding steroid dienone is 24. The van der Waals surface area contributed by atoms with Crippen LogP contribution in [0.15, 0.2) is 146 Å². The smallest absolute Gasteiger partial charge is 0.306 e. The van der Waals surface area contributed by atoms with E-state index >= 15 is 0 Å². The van der Waals surface area contributed by atoms with E-state index in [1.807, 2.05) is 0 Å². The summed E-state index contributed by atoms with van der Waals surface area (Å²) in [5, 5.41) is 0. The molecule has 0 rings (SSSR count). The fourth-order valence-electron chi connectivity index (χ4n) is 6.62. The molecule has 1 atom stereocenters. The van der Waals surface area contributed by atoms with E-state index in [-0.39, 0.29) is 44.0 Å². The molecule has 0 saturated carbocycles. The van der Waals surface area contributed by atoms with E-state index in [1.165, 1.54) is 32.1 Å². The Balaban J connectivity index is 4.48. The molecular formula is C62H96O6. The summed E-state index contributed by atoms with van der Waals surface area (Å²) >= 11 is 0. The first kappa shape index (κ1) is 63.3. The van der Waals surface area contributed by atoms with Gasteiger partial charge in [0.25, 0.3) is 0 Å². The third kappa shape index (κ3) is 52.3. The molecule has 0 N–H and O–H groups in total. The van der Waals surface area contributed by atoms with Crippen molar-refractivity contribution in [3.8, 4) is 0 Å². The lowest BCUT2D eigenvalue weighted by atomic mass is 10.1. The second-order valence-corrected chi connectivity index (χ2v) is 17.0. The van der Waals surface area contributed by atoms with Gasteiger partial charge in [0.1, 0.15) is 13.2 Å². The summed E-state index contributed by atoms with van der Waals surface area (Å²) < 4.78 is 16.7. The van der Waals surface area contributed by atoms with Gasteiger partial charge in [-0.25, -0.2) is 0 Å². The van der Waals surface area contributed by atoms with Crippen molar-refractivity contribution in [1.82, 2.24) is 0 Å². The number of unbranched alkanes of at least 4 members (excludes halogenated alkanes) is 11. The zero-order valence-corrected chi connectivity index (χ0v) is 43.3. The van der Waals surface area contributed by atoms with Gasteiger partial charge in [-0.05, 0) is 122 Å². The van der Waals surface area contributed by atoms with Crippen LogP contribution >= 0.6 is 0 Å². The van der Waals surface area contributed by atoms with Gasteiger partial charge in [0.15, 0.2) is 6.10 Å². The lowest BCUT2D eigenvalue weighted by Gasteiger charge is -2.18. The Morgan fingerprint density at radius 1 is 0.309 bits per heavy atom. The maximum absolute atomic E-state index is 12.8. The monoisotopic (exact) mass is 937 g/mol. The summed E-state index contributed by atoms with van der Waals surface area (Å²) in [4.78, 5) is 37.9. The van der Waals surface area contributed by atoms with E-state index in [2.05, 4.69) is 167 Å². The molecule has 0 aliphatic carbocycles. The van der Waals surface area contributed by atoms with Crippen molar-refractivity contribution < 1.29 is 28.6 Å². The summed E-state index contributed by atoms with van der Waals surface area (Å²) in [7, 11) is 0. The minimum Gasteiger partial charge on any atom is -0.462 e. The highest BCUT2D eigenvalue weighted by atomic mass is 16.6. The second-order valence-electron chi connectivity index (χ2n) is 17.0. The average molecular weight is 937 g/mol. The number of hydrogen-bond acceptors (Lipinski definition) is 6. The first-order chi connectivity index (χ1) is 33.5. The van der Waals surface area contributed by atoms with Gasteiger partial charge in [-0.3, -0.25) is 14.4 Å². The molecule has 0 bridgehead atoms. The highest BCUT2D eigenvalue weighted by Crippen LogP contribution is 2.12. The number of carbonyl (C=O) groups excluding carboxylic acids is 3. The Morgan fingerprint density at radius 3 is 0.897 bits per heavy atom. The normalized spacial score (nSPS) is 13.3. The first-order valence-corrected chi connectivity index (χ1v) is 26.8. The molecule has 1 unspecified atom stereocenters. The quantitative estimate of drug-likeness (QED) is 0.0262. The highest BCUT2D eigenvalue weighted by Gasteiger charge is 2.19. The Morgan fingerprint density at radius 2 is 0.574 bits per heavy atom. The summed E-state index contributed by atoms with van der Waals surface area (Å²) in [5.41, 5.74) is 0. The Kier molecular flexibility index (Phi) is 51.1. The van der Waals surface area contributed by atoms with Crippen LogP contribution in [0.1, 0.15) is 207 Å². The number of ether oxygens (including phenoxy) is 3. The minimum atomic E-state index is -0.823. The summed E-state index contributed by atoms with van der Waals surface area (Å²) in [6.07, 6.45) is 78.5. The maximum Gasteiger partial charge on any atom is 0.306 e.